The third kappa shape index (κ3) is 1.92. The zero-order chi connectivity index (χ0) is 11.0. The minimum Gasteiger partial charge on any atom is -0.320 e. The van der Waals surface area contributed by atoms with Gasteiger partial charge in [-0.3, -0.25) is 4.79 Å². The monoisotopic (exact) mass is 268 g/mol. The minimum absolute atomic E-state index is 0.00755. The maximum Gasteiger partial charge on any atom is 0.243 e. The predicted octanol–water partition coefficient (Wildman–Crippen LogP) is 1.69. The molecule has 1 aliphatic heterocycles. The molecule has 3 nitrogen and oxygen atoms in total. The molecular formula is C11H13BrN2O. The van der Waals surface area contributed by atoms with Crippen molar-refractivity contribution in [2.45, 2.75) is 19.4 Å². The molecule has 1 heterocycles. The Bertz CT molecular complexity index is 404. The van der Waals surface area contributed by atoms with Crippen LogP contribution in [-0.4, -0.2) is 18.5 Å². The van der Waals surface area contributed by atoms with Gasteiger partial charge in [-0.05, 0) is 31.0 Å². The number of anilines is 1. The van der Waals surface area contributed by atoms with Crippen LogP contribution in [0.4, 0.5) is 5.69 Å². The molecule has 0 spiro atoms. The lowest BCUT2D eigenvalue weighted by molar-refractivity contribution is -0.119. The van der Waals surface area contributed by atoms with E-state index in [0.29, 0.717) is 0 Å². The first-order chi connectivity index (χ1) is 7.09. The predicted molar refractivity (Wildman–Crippen MR) is 63.8 cm³/mol. The fourth-order valence-corrected chi connectivity index (χ4v) is 2.18. The van der Waals surface area contributed by atoms with Crippen LogP contribution in [0.2, 0.25) is 0 Å². The Hall–Kier alpha value is -0.870. The molecule has 15 heavy (non-hydrogen) atoms. The molecule has 80 valence electrons. The highest BCUT2D eigenvalue weighted by Crippen LogP contribution is 2.31. The first kappa shape index (κ1) is 10.6. The lowest BCUT2D eigenvalue weighted by atomic mass is 10.2. The molecule has 0 radical (unpaired) electrons. The standard InChI is InChI=1S/C11H13BrN2O/c1-7(13)11(15)14-5-4-8-2-3-9(12)6-10(8)14/h2-3,6-7H,4-5,13H2,1H3. The molecule has 1 aliphatic rings. The van der Waals surface area contributed by atoms with Gasteiger partial charge in [0, 0.05) is 16.7 Å². The van der Waals surface area contributed by atoms with Gasteiger partial charge < -0.3 is 10.6 Å². The normalized spacial score (nSPS) is 16.3. The number of benzene rings is 1. The van der Waals surface area contributed by atoms with Crippen LogP contribution in [0, 0.1) is 0 Å². The molecule has 0 aliphatic carbocycles. The quantitative estimate of drug-likeness (QED) is 0.843. The summed E-state index contributed by atoms with van der Waals surface area (Å²) >= 11 is 3.41. The summed E-state index contributed by atoms with van der Waals surface area (Å²) in [4.78, 5) is 13.6. The maximum atomic E-state index is 11.8. The number of halogens is 1. The van der Waals surface area contributed by atoms with Crippen molar-refractivity contribution in [1.82, 2.24) is 0 Å². The average Bonchev–Trinajstić information content (AvgIpc) is 2.59. The van der Waals surface area contributed by atoms with E-state index in [1.54, 1.807) is 11.8 Å². The number of nitrogens with two attached hydrogens (primary N) is 1. The summed E-state index contributed by atoms with van der Waals surface area (Å²) in [6.07, 6.45) is 0.918. The van der Waals surface area contributed by atoms with E-state index in [1.807, 2.05) is 18.2 Å². The van der Waals surface area contributed by atoms with Crippen molar-refractivity contribution in [2.24, 2.45) is 5.73 Å². The van der Waals surface area contributed by atoms with Crippen LogP contribution in [-0.2, 0) is 11.2 Å². The minimum atomic E-state index is -0.435. The van der Waals surface area contributed by atoms with Gasteiger partial charge in [-0.1, -0.05) is 22.0 Å². The molecule has 1 atom stereocenters. The fraction of sp³-hybridized carbons (Fsp3) is 0.364. The summed E-state index contributed by atoms with van der Waals surface area (Å²) < 4.78 is 0.991. The van der Waals surface area contributed by atoms with Crippen molar-refractivity contribution in [2.75, 3.05) is 11.4 Å². The number of carbonyl (C=O) groups is 1. The number of hydrogen-bond donors (Lipinski definition) is 1. The summed E-state index contributed by atoms with van der Waals surface area (Å²) in [7, 11) is 0. The van der Waals surface area contributed by atoms with E-state index in [0.717, 1.165) is 23.1 Å². The van der Waals surface area contributed by atoms with Gasteiger partial charge in [0.15, 0.2) is 0 Å². The second kappa shape index (κ2) is 3.94. The third-order valence-corrected chi connectivity index (χ3v) is 3.09. The smallest absolute Gasteiger partial charge is 0.243 e. The van der Waals surface area contributed by atoms with Gasteiger partial charge in [0.25, 0.3) is 0 Å². The van der Waals surface area contributed by atoms with Crippen LogP contribution < -0.4 is 10.6 Å². The average molecular weight is 269 g/mol. The third-order valence-electron chi connectivity index (χ3n) is 2.60. The van der Waals surface area contributed by atoms with E-state index in [1.165, 1.54) is 5.56 Å². The molecule has 0 bridgehead atoms. The summed E-state index contributed by atoms with van der Waals surface area (Å²) in [5.74, 6) is -0.00755. The van der Waals surface area contributed by atoms with Gasteiger partial charge in [-0.25, -0.2) is 0 Å². The molecule has 0 saturated carbocycles. The first-order valence-electron chi connectivity index (χ1n) is 4.95. The van der Waals surface area contributed by atoms with E-state index in [9.17, 15) is 4.79 Å². The number of nitrogens with zero attached hydrogens (tertiary/aromatic N) is 1. The Kier molecular flexibility index (Phi) is 2.80. The number of rotatable bonds is 1. The van der Waals surface area contributed by atoms with E-state index in [2.05, 4.69) is 15.9 Å². The number of amides is 1. The molecule has 4 heteroatoms. The molecular weight excluding hydrogens is 256 g/mol. The van der Waals surface area contributed by atoms with Crippen molar-refractivity contribution < 1.29 is 4.79 Å². The van der Waals surface area contributed by atoms with Gasteiger partial charge in [-0.2, -0.15) is 0 Å². The second-order valence-electron chi connectivity index (χ2n) is 3.80. The topological polar surface area (TPSA) is 46.3 Å². The fourth-order valence-electron chi connectivity index (χ4n) is 1.83. The van der Waals surface area contributed by atoms with Gasteiger partial charge in [0.05, 0.1) is 6.04 Å². The SMILES string of the molecule is CC(N)C(=O)N1CCc2ccc(Br)cc21. The molecule has 0 saturated heterocycles. The molecule has 1 aromatic carbocycles. The van der Waals surface area contributed by atoms with E-state index < -0.39 is 6.04 Å². The zero-order valence-corrected chi connectivity index (χ0v) is 10.1. The highest BCUT2D eigenvalue weighted by Gasteiger charge is 2.26. The van der Waals surface area contributed by atoms with E-state index in [4.69, 9.17) is 5.73 Å². The molecule has 0 aromatic heterocycles. The summed E-state index contributed by atoms with van der Waals surface area (Å²) in [5, 5.41) is 0. The molecule has 1 unspecified atom stereocenters. The van der Waals surface area contributed by atoms with Crippen LogP contribution in [0.5, 0.6) is 0 Å². The highest BCUT2D eigenvalue weighted by molar-refractivity contribution is 9.10. The van der Waals surface area contributed by atoms with Crippen LogP contribution in [0.3, 0.4) is 0 Å². The lowest BCUT2D eigenvalue weighted by Crippen LogP contribution is -2.41. The summed E-state index contributed by atoms with van der Waals surface area (Å²) in [5.41, 5.74) is 7.82. The Morgan fingerprint density at radius 1 is 1.60 bits per heavy atom. The van der Waals surface area contributed by atoms with Crippen molar-refractivity contribution in [1.29, 1.82) is 0 Å². The number of hydrogen-bond acceptors (Lipinski definition) is 2. The van der Waals surface area contributed by atoms with Gasteiger partial charge in [0.1, 0.15) is 0 Å². The molecule has 1 aromatic rings. The summed E-state index contributed by atoms with van der Waals surface area (Å²) in [6.45, 7) is 2.46. The molecule has 2 rings (SSSR count). The van der Waals surface area contributed by atoms with Crippen molar-refractivity contribution >= 4 is 27.5 Å². The Morgan fingerprint density at radius 3 is 3.00 bits per heavy atom. The van der Waals surface area contributed by atoms with Crippen LogP contribution >= 0.6 is 15.9 Å². The van der Waals surface area contributed by atoms with Gasteiger partial charge >= 0.3 is 0 Å². The van der Waals surface area contributed by atoms with E-state index in [-0.39, 0.29) is 5.91 Å². The van der Waals surface area contributed by atoms with Crippen LogP contribution in [0.25, 0.3) is 0 Å². The maximum absolute atomic E-state index is 11.8. The number of fused-ring (bicyclic) bond motifs is 1. The largest absolute Gasteiger partial charge is 0.320 e. The molecule has 1 amide bonds. The Balaban J connectivity index is 2.35. The van der Waals surface area contributed by atoms with Crippen molar-refractivity contribution in [3.05, 3.63) is 28.2 Å². The van der Waals surface area contributed by atoms with Crippen molar-refractivity contribution in [3.63, 3.8) is 0 Å². The Morgan fingerprint density at radius 2 is 2.33 bits per heavy atom. The highest BCUT2D eigenvalue weighted by atomic mass is 79.9. The van der Waals surface area contributed by atoms with Gasteiger partial charge in [-0.15, -0.1) is 0 Å². The molecule has 0 fully saturated rings. The van der Waals surface area contributed by atoms with Crippen LogP contribution in [0.15, 0.2) is 22.7 Å². The van der Waals surface area contributed by atoms with Crippen molar-refractivity contribution in [3.8, 4) is 0 Å². The lowest BCUT2D eigenvalue weighted by Gasteiger charge is -2.19. The van der Waals surface area contributed by atoms with Gasteiger partial charge in [0.2, 0.25) is 5.91 Å². The molecule has 2 N–H and O–H groups in total. The van der Waals surface area contributed by atoms with Crippen LogP contribution in [0.1, 0.15) is 12.5 Å². The Labute approximate surface area is 97.4 Å². The summed E-state index contributed by atoms with van der Waals surface area (Å²) in [6, 6.07) is 5.59. The van der Waals surface area contributed by atoms with E-state index >= 15 is 0 Å². The first-order valence-corrected chi connectivity index (χ1v) is 5.74. The second-order valence-corrected chi connectivity index (χ2v) is 4.72. The zero-order valence-electron chi connectivity index (χ0n) is 8.53. The number of carbonyl (C=O) groups excluding carboxylic acids is 1.